The van der Waals surface area contributed by atoms with Crippen molar-refractivity contribution >= 4 is 31.3 Å². The van der Waals surface area contributed by atoms with Crippen LogP contribution in [-0.2, 0) is 18.6 Å². The summed E-state index contributed by atoms with van der Waals surface area (Å²) < 4.78 is 24.0. The van der Waals surface area contributed by atoms with Crippen molar-refractivity contribution in [2.24, 2.45) is 11.8 Å². The normalized spacial score (nSPS) is 25.4. The fraction of sp³-hybridized carbons (Fsp3) is 0.625. The Morgan fingerprint density at radius 3 is 2.86 bits per heavy atom. The monoisotopic (exact) mass is 412 g/mol. The SMILES string of the molecule is CCC1OC(n2cnc3c(=O)[nH]c(NC(=O)C(C)C)nc32)C(O[P+](=O)O)C1C. The first-order valence-electron chi connectivity index (χ1n) is 8.99. The third-order valence-corrected chi connectivity index (χ3v) is 5.21. The van der Waals surface area contributed by atoms with E-state index >= 15 is 0 Å². The van der Waals surface area contributed by atoms with Gasteiger partial charge < -0.3 is 4.74 Å². The number of ether oxygens (including phenoxy) is 1. The number of fused-ring (bicyclic) bond motifs is 1. The Morgan fingerprint density at radius 1 is 1.54 bits per heavy atom. The van der Waals surface area contributed by atoms with Gasteiger partial charge in [0.25, 0.3) is 5.56 Å². The van der Waals surface area contributed by atoms with Crippen LogP contribution in [0.15, 0.2) is 11.1 Å². The van der Waals surface area contributed by atoms with Crippen molar-refractivity contribution in [1.82, 2.24) is 19.5 Å². The highest BCUT2D eigenvalue weighted by Gasteiger charge is 2.48. The molecule has 3 heterocycles. The number of aromatic amines is 1. The molecule has 0 bridgehead atoms. The van der Waals surface area contributed by atoms with E-state index in [1.807, 2.05) is 13.8 Å². The van der Waals surface area contributed by atoms with Crippen molar-refractivity contribution in [2.45, 2.75) is 52.6 Å². The van der Waals surface area contributed by atoms with Gasteiger partial charge in [0.1, 0.15) is 0 Å². The average molecular weight is 412 g/mol. The maximum Gasteiger partial charge on any atom is 0.695 e. The Kier molecular flexibility index (Phi) is 5.90. The number of rotatable bonds is 6. The van der Waals surface area contributed by atoms with E-state index in [2.05, 4.69) is 20.3 Å². The summed E-state index contributed by atoms with van der Waals surface area (Å²) in [6, 6.07) is 0. The van der Waals surface area contributed by atoms with E-state index in [4.69, 9.17) is 9.26 Å². The summed E-state index contributed by atoms with van der Waals surface area (Å²) in [5.74, 6) is -0.778. The first-order valence-corrected chi connectivity index (χ1v) is 10.1. The molecule has 11 nitrogen and oxygen atoms in total. The highest BCUT2D eigenvalue weighted by molar-refractivity contribution is 7.32. The number of nitrogens with one attached hydrogen (secondary N) is 2. The molecule has 0 aliphatic carbocycles. The second-order valence-corrected chi connectivity index (χ2v) is 7.71. The largest absolute Gasteiger partial charge is 0.695 e. The third-order valence-electron chi connectivity index (χ3n) is 4.79. The first-order chi connectivity index (χ1) is 13.2. The van der Waals surface area contributed by atoms with Gasteiger partial charge in [0.2, 0.25) is 11.9 Å². The van der Waals surface area contributed by atoms with Crippen molar-refractivity contribution in [3.05, 3.63) is 16.7 Å². The Morgan fingerprint density at radius 2 is 2.25 bits per heavy atom. The summed E-state index contributed by atoms with van der Waals surface area (Å²) in [6.45, 7) is 7.24. The highest BCUT2D eigenvalue weighted by Crippen LogP contribution is 2.41. The van der Waals surface area contributed by atoms with Crippen LogP contribution in [0.2, 0.25) is 0 Å². The molecule has 5 unspecified atom stereocenters. The van der Waals surface area contributed by atoms with Crippen LogP contribution in [0.3, 0.4) is 0 Å². The van der Waals surface area contributed by atoms with Gasteiger partial charge >= 0.3 is 8.25 Å². The molecular weight excluding hydrogens is 389 g/mol. The molecule has 3 rings (SSSR count). The Labute approximate surface area is 161 Å². The number of amides is 1. The second-order valence-electron chi connectivity index (χ2n) is 7.02. The number of anilines is 1. The second kappa shape index (κ2) is 8.04. The van der Waals surface area contributed by atoms with Crippen LogP contribution in [0.25, 0.3) is 11.2 Å². The number of hydrogen-bond donors (Lipinski definition) is 3. The van der Waals surface area contributed by atoms with Crippen molar-refractivity contribution in [1.29, 1.82) is 0 Å². The molecule has 1 aliphatic heterocycles. The van der Waals surface area contributed by atoms with E-state index < -0.39 is 26.1 Å². The number of carbonyl (C=O) groups is 1. The standard InChI is InChI=1S/C16H22N5O6P/c1-5-9-8(4)11(27-28(24)25)15(26-9)21-6-17-10-12(21)18-16(20-14(10)23)19-13(22)7(2)3/h6-9,11,15H,5H2,1-4H3,(H2-,18,19,20,22,23,24,25)/p+1. The highest BCUT2D eigenvalue weighted by atomic mass is 31.1. The molecule has 1 amide bonds. The summed E-state index contributed by atoms with van der Waals surface area (Å²) in [5.41, 5.74) is -0.281. The van der Waals surface area contributed by atoms with Crippen molar-refractivity contribution in [3.8, 4) is 0 Å². The molecule has 5 atom stereocenters. The predicted octanol–water partition coefficient (Wildman–Crippen LogP) is 1.69. The molecular formula is C16H23N5O6P+. The lowest BCUT2D eigenvalue weighted by Crippen LogP contribution is -2.26. The van der Waals surface area contributed by atoms with Crippen LogP contribution in [0.5, 0.6) is 0 Å². The summed E-state index contributed by atoms with van der Waals surface area (Å²) in [4.78, 5) is 44.4. The van der Waals surface area contributed by atoms with Crippen molar-refractivity contribution in [2.75, 3.05) is 5.32 Å². The smallest absolute Gasteiger partial charge is 0.351 e. The summed E-state index contributed by atoms with van der Waals surface area (Å²) in [5, 5.41) is 2.55. The first kappa shape index (κ1) is 20.5. The Balaban J connectivity index is 2.04. The van der Waals surface area contributed by atoms with Gasteiger partial charge in [-0.2, -0.15) is 4.98 Å². The average Bonchev–Trinajstić information content (AvgIpc) is 3.16. The Hall–Kier alpha value is -2.20. The van der Waals surface area contributed by atoms with Crippen LogP contribution in [0, 0.1) is 11.8 Å². The fourth-order valence-corrected chi connectivity index (χ4v) is 3.73. The minimum atomic E-state index is -2.85. The van der Waals surface area contributed by atoms with E-state index in [-0.39, 0.29) is 41.0 Å². The van der Waals surface area contributed by atoms with Gasteiger partial charge in [-0.3, -0.25) is 24.5 Å². The minimum absolute atomic E-state index is 0.0123. The molecule has 12 heteroatoms. The van der Waals surface area contributed by atoms with E-state index in [0.29, 0.717) is 6.42 Å². The molecule has 0 radical (unpaired) electrons. The van der Waals surface area contributed by atoms with E-state index in [1.165, 1.54) is 10.9 Å². The summed E-state index contributed by atoms with van der Waals surface area (Å²) >= 11 is 0. The Bertz CT molecular complexity index is 957. The molecule has 152 valence electrons. The molecule has 0 saturated carbocycles. The molecule has 2 aromatic heterocycles. The molecule has 0 spiro atoms. The molecule has 3 N–H and O–H groups in total. The van der Waals surface area contributed by atoms with Crippen molar-refractivity contribution in [3.63, 3.8) is 0 Å². The third kappa shape index (κ3) is 3.83. The van der Waals surface area contributed by atoms with Gasteiger partial charge in [0.15, 0.2) is 23.5 Å². The zero-order valence-electron chi connectivity index (χ0n) is 15.9. The van der Waals surface area contributed by atoms with Crippen LogP contribution in [-0.4, -0.2) is 42.5 Å². The number of aromatic nitrogens is 4. The number of imidazole rings is 1. The minimum Gasteiger partial charge on any atom is -0.351 e. The van der Waals surface area contributed by atoms with Crippen LogP contribution in [0.1, 0.15) is 40.3 Å². The number of nitrogens with zero attached hydrogens (tertiary/aromatic N) is 3. The lowest BCUT2D eigenvalue weighted by molar-refractivity contribution is -0.118. The van der Waals surface area contributed by atoms with Crippen LogP contribution in [0.4, 0.5) is 5.95 Å². The maximum atomic E-state index is 12.3. The molecule has 1 saturated heterocycles. The summed E-state index contributed by atoms with van der Waals surface area (Å²) in [7, 11) is -2.85. The van der Waals surface area contributed by atoms with Gasteiger partial charge in [-0.05, 0) is 6.42 Å². The lowest BCUT2D eigenvalue weighted by Gasteiger charge is -2.17. The molecule has 1 aliphatic rings. The van der Waals surface area contributed by atoms with Gasteiger partial charge in [0.05, 0.1) is 12.4 Å². The summed E-state index contributed by atoms with van der Waals surface area (Å²) in [6.07, 6.45) is 0.321. The van der Waals surface area contributed by atoms with Crippen LogP contribution >= 0.6 is 8.25 Å². The fourth-order valence-electron chi connectivity index (χ4n) is 3.23. The maximum absolute atomic E-state index is 12.3. The molecule has 2 aromatic rings. The van der Waals surface area contributed by atoms with Gasteiger partial charge in [-0.25, -0.2) is 4.98 Å². The molecule has 0 aromatic carbocycles. The van der Waals surface area contributed by atoms with Crippen LogP contribution < -0.4 is 10.9 Å². The van der Waals surface area contributed by atoms with Gasteiger partial charge in [0, 0.05) is 16.4 Å². The molecule has 28 heavy (non-hydrogen) atoms. The lowest BCUT2D eigenvalue weighted by atomic mass is 9.99. The quantitative estimate of drug-likeness (QED) is 0.607. The zero-order valence-corrected chi connectivity index (χ0v) is 16.8. The van der Waals surface area contributed by atoms with E-state index in [1.54, 1.807) is 13.8 Å². The number of carbonyl (C=O) groups excluding carboxylic acids is 1. The number of hydrogen-bond acceptors (Lipinski definition) is 7. The van der Waals surface area contributed by atoms with E-state index in [9.17, 15) is 19.0 Å². The van der Waals surface area contributed by atoms with E-state index in [0.717, 1.165) is 0 Å². The van der Waals surface area contributed by atoms with Gasteiger partial charge in [-0.15, -0.1) is 9.42 Å². The number of H-pyrrole nitrogens is 1. The topological polar surface area (TPSA) is 148 Å². The van der Waals surface area contributed by atoms with Gasteiger partial charge in [-0.1, -0.05) is 27.7 Å². The predicted molar refractivity (Wildman–Crippen MR) is 99.7 cm³/mol. The zero-order chi connectivity index (χ0) is 20.6. The van der Waals surface area contributed by atoms with Crippen molar-refractivity contribution < 1.29 is 23.5 Å². The molecule has 1 fully saturated rings.